The fraction of sp³-hybridized carbons (Fsp3) is 0.158. The van der Waals surface area contributed by atoms with Crippen LogP contribution in [0.1, 0.15) is 5.56 Å². The van der Waals surface area contributed by atoms with Crippen molar-refractivity contribution in [2.75, 3.05) is 24.0 Å². The van der Waals surface area contributed by atoms with E-state index in [2.05, 4.69) is 17.2 Å². The van der Waals surface area contributed by atoms with Gasteiger partial charge in [0.15, 0.2) is 5.84 Å². The molecule has 0 bridgehead atoms. The van der Waals surface area contributed by atoms with Crippen LogP contribution in [0.4, 0.5) is 11.4 Å². The third kappa shape index (κ3) is 3.15. The van der Waals surface area contributed by atoms with Gasteiger partial charge in [-0.3, -0.25) is 4.79 Å². The Labute approximate surface area is 141 Å². The number of para-hydroxylation sites is 1. The predicted octanol–water partition coefficient (Wildman–Crippen LogP) is 2.54. The van der Waals surface area contributed by atoms with E-state index in [1.807, 2.05) is 67.5 Å². The van der Waals surface area contributed by atoms with Crippen molar-refractivity contribution >= 4 is 23.1 Å². The monoisotopic (exact) mass is 320 g/mol. The molecule has 3 rings (SSSR count). The van der Waals surface area contributed by atoms with Gasteiger partial charge in [0.2, 0.25) is 0 Å². The van der Waals surface area contributed by atoms with Gasteiger partial charge in [0.25, 0.3) is 5.91 Å². The van der Waals surface area contributed by atoms with E-state index in [1.54, 1.807) is 0 Å². The number of nitrogens with two attached hydrogens (primary N) is 1. The van der Waals surface area contributed by atoms with Gasteiger partial charge in [-0.05, 0) is 36.2 Å². The summed E-state index contributed by atoms with van der Waals surface area (Å²) in [4.78, 5) is 14.6. The predicted molar refractivity (Wildman–Crippen MR) is 98.1 cm³/mol. The molecule has 0 unspecified atom stereocenters. The van der Waals surface area contributed by atoms with E-state index >= 15 is 0 Å². The molecule has 24 heavy (non-hydrogen) atoms. The van der Waals surface area contributed by atoms with E-state index in [-0.39, 0.29) is 11.7 Å². The number of amidine groups is 1. The van der Waals surface area contributed by atoms with E-state index in [4.69, 9.17) is 5.73 Å². The maximum Gasteiger partial charge on any atom is 0.282 e. The van der Waals surface area contributed by atoms with Crippen molar-refractivity contribution in [2.45, 2.75) is 6.42 Å². The molecule has 0 aliphatic carbocycles. The Morgan fingerprint density at radius 1 is 1.08 bits per heavy atom. The summed E-state index contributed by atoms with van der Waals surface area (Å²) in [5.41, 5.74) is 9.36. The Balaban J connectivity index is 1.76. The van der Waals surface area contributed by atoms with Crippen LogP contribution in [-0.4, -0.2) is 25.8 Å². The van der Waals surface area contributed by atoms with Gasteiger partial charge >= 0.3 is 0 Å². The molecule has 1 aliphatic heterocycles. The molecule has 122 valence electrons. The van der Waals surface area contributed by atoms with Crippen LogP contribution >= 0.6 is 0 Å². The van der Waals surface area contributed by atoms with Crippen molar-refractivity contribution < 1.29 is 4.79 Å². The summed E-state index contributed by atoms with van der Waals surface area (Å²) in [6, 6.07) is 17.5. The third-order valence-electron chi connectivity index (χ3n) is 3.90. The largest absolute Gasteiger partial charge is 0.382 e. The van der Waals surface area contributed by atoms with Crippen LogP contribution in [0, 0.1) is 0 Å². The highest BCUT2D eigenvalue weighted by Crippen LogP contribution is 2.22. The number of benzene rings is 2. The minimum Gasteiger partial charge on any atom is -0.382 e. The molecule has 0 saturated heterocycles. The number of carbonyl (C=O) groups excluding carboxylic acids is 1. The number of amides is 1. The fourth-order valence-corrected chi connectivity index (χ4v) is 2.52. The van der Waals surface area contributed by atoms with Crippen LogP contribution in [0.2, 0.25) is 0 Å². The molecule has 0 spiro atoms. The number of hydrogen-bond acceptors (Lipinski definition) is 4. The van der Waals surface area contributed by atoms with Crippen LogP contribution in [-0.2, 0) is 11.2 Å². The van der Waals surface area contributed by atoms with E-state index in [0.29, 0.717) is 17.7 Å². The Morgan fingerprint density at radius 3 is 2.38 bits per heavy atom. The van der Waals surface area contributed by atoms with Crippen molar-refractivity contribution in [1.82, 2.24) is 0 Å². The first-order valence-corrected chi connectivity index (χ1v) is 7.76. The molecular formula is C19H20N4O. The second kappa shape index (κ2) is 6.58. The van der Waals surface area contributed by atoms with Crippen molar-refractivity contribution in [1.29, 1.82) is 0 Å². The SMILES string of the molecule is CN(C)c1ccc(CC=C2C(=O)N(c3ccccc3)N=C2N)cc1. The Kier molecular flexibility index (Phi) is 4.33. The highest BCUT2D eigenvalue weighted by atomic mass is 16.2. The fourth-order valence-electron chi connectivity index (χ4n) is 2.52. The van der Waals surface area contributed by atoms with Crippen LogP contribution in [0.3, 0.4) is 0 Å². The highest BCUT2D eigenvalue weighted by Gasteiger charge is 2.29. The summed E-state index contributed by atoms with van der Waals surface area (Å²) in [6.45, 7) is 0. The number of anilines is 2. The normalized spacial score (nSPS) is 15.8. The van der Waals surface area contributed by atoms with Gasteiger partial charge in [0, 0.05) is 19.8 Å². The summed E-state index contributed by atoms with van der Waals surface area (Å²) < 4.78 is 0. The number of carbonyl (C=O) groups is 1. The van der Waals surface area contributed by atoms with Crippen LogP contribution in [0.15, 0.2) is 71.3 Å². The van der Waals surface area contributed by atoms with Crippen molar-refractivity contribution in [3.63, 3.8) is 0 Å². The minimum atomic E-state index is -0.191. The average molecular weight is 320 g/mol. The average Bonchev–Trinajstić information content (AvgIpc) is 2.88. The quantitative estimate of drug-likeness (QED) is 0.881. The Hall–Kier alpha value is -3.08. The lowest BCUT2D eigenvalue weighted by Gasteiger charge is -2.12. The molecule has 2 aromatic carbocycles. The zero-order chi connectivity index (χ0) is 17.1. The van der Waals surface area contributed by atoms with Crippen molar-refractivity contribution in [3.8, 4) is 0 Å². The van der Waals surface area contributed by atoms with Gasteiger partial charge in [-0.2, -0.15) is 5.01 Å². The van der Waals surface area contributed by atoms with Crippen LogP contribution < -0.4 is 15.6 Å². The number of nitrogens with zero attached hydrogens (tertiary/aromatic N) is 3. The van der Waals surface area contributed by atoms with Crippen molar-refractivity contribution in [2.24, 2.45) is 10.8 Å². The Bertz CT molecular complexity index is 792. The smallest absolute Gasteiger partial charge is 0.282 e. The van der Waals surface area contributed by atoms with Crippen molar-refractivity contribution in [3.05, 3.63) is 71.8 Å². The maximum atomic E-state index is 12.5. The van der Waals surface area contributed by atoms with E-state index < -0.39 is 0 Å². The lowest BCUT2D eigenvalue weighted by molar-refractivity contribution is -0.114. The second-order valence-corrected chi connectivity index (χ2v) is 5.82. The molecule has 5 nitrogen and oxygen atoms in total. The van der Waals surface area contributed by atoms with Crippen LogP contribution in [0.5, 0.6) is 0 Å². The molecule has 0 fully saturated rings. The first kappa shape index (κ1) is 15.8. The number of rotatable bonds is 4. The standard InChI is InChI=1S/C19H20N4O/c1-22(2)15-11-8-14(9-12-15)10-13-17-18(20)21-23(19(17)24)16-6-4-3-5-7-16/h3-9,11-13H,10H2,1-2H3,(H2,20,21). The van der Waals surface area contributed by atoms with Gasteiger partial charge in [-0.15, -0.1) is 5.10 Å². The molecule has 1 heterocycles. The molecule has 5 heteroatoms. The topological polar surface area (TPSA) is 61.9 Å². The molecule has 1 amide bonds. The van der Waals surface area contributed by atoms with E-state index in [0.717, 1.165) is 11.3 Å². The zero-order valence-electron chi connectivity index (χ0n) is 13.8. The first-order valence-electron chi connectivity index (χ1n) is 7.76. The van der Waals surface area contributed by atoms with E-state index in [1.165, 1.54) is 5.01 Å². The number of hydrazone groups is 1. The first-order chi connectivity index (χ1) is 11.6. The summed E-state index contributed by atoms with van der Waals surface area (Å²) >= 11 is 0. The zero-order valence-corrected chi connectivity index (χ0v) is 13.8. The van der Waals surface area contributed by atoms with Gasteiger partial charge in [-0.1, -0.05) is 36.4 Å². The second-order valence-electron chi connectivity index (χ2n) is 5.82. The molecule has 2 N–H and O–H groups in total. The van der Waals surface area contributed by atoms with Gasteiger partial charge in [-0.25, -0.2) is 0 Å². The maximum absolute atomic E-state index is 12.5. The molecule has 0 radical (unpaired) electrons. The summed E-state index contributed by atoms with van der Waals surface area (Å²) in [6.07, 6.45) is 2.47. The van der Waals surface area contributed by atoms with Gasteiger partial charge in [0.05, 0.1) is 11.3 Å². The van der Waals surface area contributed by atoms with Gasteiger partial charge < -0.3 is 10.6 Å². The Morgan fingerprint density at radius 2 is 1.75 bits per heavy atom. The van der Waals surface area contributed by atoms with E-state index in [9.17, 15) is 4.79 Å². The number of allylic oxidation sites excluding steroid dienone is 1. The summed E-state index contributed by atoms with van der Waals surface area (Å²) in [7, 11) is 4.01. The van der Waals surface area contributed by atoms with Gasteiger partial charge in [0.1, 0.15) is 0 Å². The van der Waals surface area contributed by atoms with Crippen LogP contribution in [0.25, 0.3) is 0 Å². The lowest BCUT2D eigenvalue weighted by Crippen LogP contribution is -2.22. The molecule has 0 atom stereocenters. The lowest BCUT2D eigenvalue weighted by atomic mass is 10.1. The summed E-state index contributed by atoms with van der Waals surface area (Å²) in [5, 5.41) is 5.52. The molecule has 0 aromatic heterocycles. The highest BCUT2D eigenvalue weighted by molar-refractivity contribution is 6.29. The molecule has 0 saturated carbocycles. The minimum absolute atomic E-state index is 0.191. The molecule has 2 aromatic rings. The number of hydrogen-bond donors (Lipinski definition) is 1. The molecular weight excluding hydrogens is 300 g/mol. The molecule has 1 aliphatic rings. The summed E-state index contributed by atoms with van der Waals surface area (Å²) in [5.74, 6) is 0.0670. The third-order valence-corrected chi connectivity index (χ3v) is 3.90.